The van der Waals surface area contributed by atoms with E-state index in [0.29, 0.717) is 0 Å². The molecule has 3 rings (SSSR count). The fourth-order valence-electron chi connectivity index (χ4n) is 2.26. The Kier molecular flexibility index (Phi) is 3.73. The van der Waals surface area contributed by atoms with E-state index < -0.39 is 23.2 Å². The average Bonchev–Trinajstić information content (AvgIpc) is 2.54. The maximum Gasteiger partial charge on any atom is 0.417 e. The molecule has 0 bridgehead atoms. The quantitative estimate of drug-likeness (QED) is 0.407. The molecule has 0 saturated heterocycles. The van der Waals surface area contributed by atoms with Crippen molar-refractivity contribution < 1.29 is 23.0 Å². The molecule has 0 aliphatic carbocycles. The number of alkyl halides is 3. The Morgan fingerprint density at radius 1 is 0.913 bits per heavy atom. The van der Waals surface area contributed by atoms with Gasteiger partial charge in [-0.1, -0.05) is 41.1 Å². The number of hydrogen-bond donors (Lipinski definition) is 0. The summed E-state index contributed by atoms with van der Waals surface area (Å²) in [6.45, 7) is 0. The summed E-state index contributed by atoms with van der Waals surface area (Å²) in [6, 6.07) is 13.8. The minimum Gasteiger partial charge on any atom is -0.854 e. The van der Waals surface area contributed by atoms with E-state index in [1.54, 1.807) is 12.3 Å². The summed E-state index contributed by atoms with van der Waals surface area (Å²) in [5, 5.41) is 17.6. The third-order valence-electron chi connectivity index (χ3n) is 3.34. The molecule has 6 heteroatoms. The fraction of sp³-hybridized carbons (Fsp3) is 0.0588. The number of benzene rings is 2. The van der Waals surface area contributed by atoms with Gasteiger partial charge in [0, 0.05) is 17.0 Å². The maximum atomic E-state index is 13.0. The van der Waals surface area contributed by atoms with Crippen molar-refractivity contribution in [3.8, 4) is 0 Å². The average molecular weight is 316 g/mol. The van der Waals surface area contributed by atoms with Gasteiger partial charge in [-0.05, 0) is 22.6 Å². The van der Waals surface area contributed by atoms with Gasteiger partial charge < -0.3 is 5.11 Å². The molecule has 23 heavy (non-hydrogen) atoms. The third-order valence-corrected chi connectivity index (χ3v) is 3.34. The molecule has 1 heterocycles. The van der Waals surface area contributed by atoms with Gasteiger partial charge in [0.05, 0.1) is 11.5 Å². The van der Waals surface area contributed by atoms with Crippen LogP contribution in [0, 0.1) is 0 Å². The zero-order chi connectivity index (χ0) is 16.4. The van der Waals surface area contributed by atoms with Crippen LogP contribution in [0.1, 0.15) is 11.1 Å². The zero-order valence-electron chi connectivity index (χ0n) is 11.8. The smallest absolute Gasteiger partial charge is 0.417 e. The van der Waals surface area contributed by atoms with Crippen molar-refractivity contribution in [2.24, 2.45) is 5.10 Å². The van der Waals surface area contributed by atoms with Crippen LogP contribution in [0.15, 0.2) is 72.1 Å². The number of rotatable bonds is 2. The van der Waals surface area contributed by atoms with Gasteiger partial charge in [-0.15, -0.1) is 0 Å². The lowest BCUT2D eigenvalue weighted by atomic mass is 10.1. The second-order valence-corrected chi connectivity index (χ2v) is 4.90. The number of fused-ring (bicyclic) bond motifs is 1. The Bertz CT molecular complexity index is 888. The summed E-state index contributed by atoms with van der Waals surface area (Å²) < 4.78 is 40.1. The summed E-state index contributed by atoms with van der Waals surface area (Å²) in [5.41, 5.74) is -1.46. The lowest BCUT2D eigenvalue weighted by molar-refractivity contribution is -0.680. The molecule has 0 aliphatic rings. The predicted octanol–water partition coefficient (Wildman–Crippen LogP) is 2.72. The summed E-state index contributed by atoms with van der Waals surface area (Å²) in [6.07, 6.45) is -1.49. The van der Waals surface area contributed by atoms with Gasteiger partial charge in [0.1, 0.15) is 0 Å². The molecule has 0 radical (unpaired) electrons. The maximum absolute atomic E-state index is 13.0. The number of aromatic nitrogens is 1. The molecular formula is C17H11F3N2O. The van der Waals surface area contributed by atoms with E-state index in [1.165, 1.54) is 23.0 Å². The summed E-state index contributed by atoms with van der Waals surface area (Å²) in [7, 11) is 0. The van der Waals surface area contributed by atoms with Gasteiger partial charge >= 0.3 is 6.18 Å². The van der Waals surface area contributed by atoms with Crippen LogP contribution < -0.4 is 9.78 Å². The number of hydrogen-bond acceptors (Lipinski definition) is 2. The van der Waals surface area contributed by atoms with Gasteiger partial charge in [-0.25, -0.2) is 0 Å². The third kappa shape index (κ3) is 3.15. The van der Waals surface area contributed by atoms with E-state index in [0.717, 1.165) is 22.9 Å². The molecule has 2 aromatic carbocycles. The lowest BCUT2D eigenvalue weighted by Gasteiger charge is -2.15. The summed E-state index contributed by atoms with van der Waals surface area (Å²) in [5.74, 6) is -0.946. The Balaban J connectivity index is 2.05. The van der Waals surface area contributed by atoms with Crippen LogP contribution in [0.5, 0.6) is 0 Å². The normalized spacial score (nSPS) is 12.6. The Hall–Kier alpha value is -2.89. The van der Waals surface area contributed by atoms with Crippen molar-refractivity contribution in [1.29, 1.82) is 0 Å². The molecule has 116 valence electrons. The Morgan fingerprint density at radius 2 is 1.57 bits per heavy atom. The first kappa shape index (κ1) is 15.0. The molecule has 0 spiro atoms. The van der Waals surface area contributed by atoms with Crippen LogP contribution in [0.3, 0.4) is 0 Å². The molecule has 0 unspecified atom stereocenters. The number of nitrogens with zero attached hydrogens (tertiary/aromatic N) is 2. The highest BCUT2D eigenvalue weighted by molar-refractivity contribution is 5.92. The van der Waals surface area contributed by atoms with Crippen molar-refractivity contribution in [3.63, 3.8) is 0 Å². The van der Waals surface area contributed by atoms with Crippen molar-refractivity contribution in [1.82, 2.24) is 0 Å². The molecule has 3 aromatic rings. The van der Waals surface area contributed by atoms with Gasteiger partial charge in [0.25, 0.3) is 0 Å². The molecule has 0 aliphatic heterocycles. The predicted molar refractivity (Wildman–Crippen MR) is 77.5 cm³/mol. The lowest BCUT2D eigenvalue weighted by Crippen LogP contribution is -2.34. The first-order valence-corrected chi connectivity index (χ1v) is 6.78. The molecule has 0 atom stereocenters. The van der Waals surface area contributed by atoms with Crippen molar-refractivity contribution in [2.75, 3.05) is 0 Å². The van der Waals surface area contributed by atoms with Crippen molar-refractivity contribution >= 4 is 16.7 Å². The summed E-state index contributed by atoms with van der Waals surface area (Å²) in [4.78, 5) is 0. The fourth-order valence-corrected chi connectivity index (χ4v) is 2.26. The highest BCUT2D eigenvalue weighted by atomic mass is 19.4. The molecule has 0 N–H and O–H groups in total. The van der Waals surface area contributed by atoms with E-state index >= 15 is 0 Å². The van der Waals surface area contributed by atoms with Crippen LogP contribution in [-0.4, -0.2) is 5.90 Å². The van der Waals surface area contributed by atoms with Gasteiger partial charge in [-0.2, -0.15) is 13.2 Å². The van der Waals surface area contributed by atoms with Crippen LogP contribution in [0.2, 0.25) is 0 Å². The molecule has 3 nitrogen and oxygen atoms in total. The number of halogens is 3. The largest absolute Gasteiger partial charge is 0.854 e. The van der Waals surface area contributed by atoms with Crippen molar-refractivity contribution in [2.45, 2.75) is 6.18 Å². The zero-order valence-corrected chi connectivity index (χ0v) is 11.8. The number of pyridine rings is 1. The van der Waals surface area contributed by atoms with Crippen molar-refractivity contribution in [3.05, 3.63) is 78.1 Å². The molecule has 0 fully saturated rings. The standard InChI is InChI=1S/C17H11F3N2O/c18-17(19,20)15-8-4-3-7-14(15)16(23)21-22-10-9-12-5-1-2-6-13(12)11-22/h1-11H. The highest BCUT2D eigenvalue weighted by Gasteiger charge is 2.33. The van der Waals surface area contributed by atoms with Crippen LogP contribution in [0.4, 0.5) is 13.2 Å². The van der Waals surface area contributed by atoms with Gasteiger partial charge in [0.2, 0.25) is 12.4 Å². The van der Waals surface area contributed by atoms with E-state index in [9.17, 15) is 18.3 Å². The topological polar surface area (TPSA) is 39.3 Å². The SMILES string of the molecule is [O-]/C(=N\[n+]1ccc2ccccc2c1)c1ccccc1C(F)(F)F. The molecule has 0 saturated carbocycles. The highest BCUT2D eigenvalue weighted by Crippen LogP contribution is 2.31. The first-order valence-electron chi connectivity index (χ1n) is 6.78. The van der Waals surface area contributed by atoms with Gasteiger partial charge in [-0.3, -0.25) is 0 Å². The molecular weight excluding hydrogens is 305 g/mol. The van der Waals surface area contributed by atoms with Crippen LogP contribution >= 0.6 is 0 Å². The van der Waals surface area contributed by atoms with Crippen LogP contribution in [-0.2, 0) is 6.18 Å². The first-order chi connectivity index (χ1) is 10.9. The van der Waals surface area contributed by atoms with Crippen LogP contribution in [0.25, 0.3) is 10.8 Å². The van der Waals surface area contributed by atoms with E-state index in [4.69, 9.17) is 0 Å². The second-order valence-electron chi connectivity index (χ2n) is 4.90. The Morgan fingerprint density at radius 3 is 2.30 bits per heavy atom. The minimum absolute atomic E-state index is 0.472. The summed E-state index contributed by atoms with van der Waals surface area (Å²) >= 11 is 0. The minimum atomic E-state index is -4.60. The second kappa shape index (κ2) is 5.72. The van der Waals surface area contributed by atoms with E-state index in [-0.39, 0.29) is 0 Å². The monoisotopic (exact) mass is 316 g/mol. The van der Waals surface area contributed by atoms with Gasteiger partial charge in [0.15, 0.2) is 0 Å². The van der Waals surface area contributed by atoms with E-state index in [2.05, 4.69) is 5.10 Å². The molecule has 1 aromatic heterocycles. The van der Waals surface area contributed by atoms with E-state index in [1.807, 2.05) is 24.3 Å². The Labute approximate surface area is 129 Å². The molecule has 0 amide bonds.